The molecule has 0 spiro atoms. The van der Waals surface area contributed by atoms with E-state index in [1.165, 1.54) is 43.5 Å². The molecule has 0 unspecified atom stereocenters. The second-order valence-electron chi connectivity index (χ2n) is 4.73. The van der Waals surface area contributed by atoms with E-state index < -0.39 is 0 Å². The molecule has 1 aromatic carbocycles. The van der Waals surface area contributed by atoms with E-state index >= 15 is 0 Å². The van der Waals surface area contributed by atoms with Gasteiger partial charge in [0.25, 0.3) is 0 Å². The molecule has 1 aliphatic heterocycles. The van der Waals surface area contributed by atoms with Crippen LogP contribution in [0.15, 0.2) is 18.2 Å². The van der Waals surface area contributed by atoms with E-state index in [1.54, 1.807) is 0 Å². The number of benzene rings is 1. The summed E-state index contributed by atoms with van der Waals surface area (Å²) in [5, 5.41) is 0. The van der Waals surface area contributed by atoms with Crippen molar-refractivity contribution in [2.45, 2.75) is 38.1 Å². The lowest BCUT2D eigenvalue weighted by molar-refractivity contribution is 0.379. The summed E-state index contributed by atoms with van der Waals surface area (Å²) in [4.78, 5) is 2.58. The first kappa shape index (κ1) is 9.08. The maximum Gasteiger partial charge on any atom is 0.0421 e. The summed E-state index contributed by atoms with van der Waals surface area (Å²) in [7, 11) is 0. The van der Waals surface area contributed by atoms with Crippen molar-refractivity contribution < 1.29 is 0 Å². The van der Waals surface area contributed by atoms with Gasteiger partial charge in [-0.2, -0.15) is 0 Å². The van der Waals surface area contributed by atoms with Gasteiger partial charge >= 0.3 is 0 Å². The monoisotopic (exact) mass is 202 g/mol. The third-order valence-electron chi connectivity index (χ3n) is 3.84. The number of fused-ring (bicyclic) bond motifs is 1. The molecule has 1 fully saturated rings. The summed E-state index contributed by atoms with van der Waals surface area (Å²) < 4.78 is 0. The Morgan fingerprint density at radius 1 is 1.20 bits per heavy atom. The SMILES string of the molecule is Nc1cccc2c1CCCN2C1CCC1. The van der Waals surface area contributed by atoms with Crippen LogP contribution in [-0.4, -0.2) is 12.6 Å². The zero-order valence-corrected chi connectivity index (χ0v) is 9.08. The molecule has 2 nitrogen and oxygen atoms in total. The van der Waals surface area contributed by atoms with Gasteiger partial charge in [-0.1, -0.05) is 6.07 Å². The van der Waals surface area contributed by atoms with Gasteiger partial charge in [0.1, 0.15) is 0 Å². The van der Waals surface area contributed by atoms with Gasteiger partial charge in [0.15, 0.2) is 0 Å². The van der Waals surface area contributed by atoms with Crippen LogP contribution in [0.5, 0.6) is 0 Å². The van der Waals surface area contributed by atoms with Crippen molar-refractivity contribution >= 4 is 11.4 Å². The molecular formula is C13H18N2. The highest BCUT2D eigenvalue weighted by Crippen LogP contribution is 2.37. The predicted octanol–water partition coefficient (Wildman–Crippen LogP) is 2.57. The van der Waals surface area contributed by atoms with Gasteiger partial charge in [0.05, 0.1) is 0 Å². The summed E-state index contributed by atoms with van der Waals surface area (Å²) in [6.07, 6.45) is 6.56. The van der Waals surface area contributed by atoms with Crippen LogP contribution < -0.4 is 10.6 Å². The largest absolute Gasteiger partial charge is 0.398 e. The van der Waals surface area contributed by atoms with Gasteiger partial charge in [-0.15, -0.1) is 0 Å². The fourth-order valence-electron chi connectivity index (χ4n) is 2.76. The van der Waals surface area contributed by atoms with Gasteiger partial charge in [-0.25, -0.2) is 0 Å². The minimum Gasteiger partial charge on any atom is -0.398 e. The summed E-state index contributed by atoms with van der Waals surface area (Å²) in [5.74, 6) is 0. The van der Waals surface area contributed by atoms with E-state index in [-0.39, 0.29) is 0 Å². The minimum atomic E-state index is 0.797. The van der Waals surface area contributed by atoms with Crippen LogP contribution >= 0.6 is 0 Å². The molecule has 1 heterocycles. The summed E-state index contributed by atoms with van der Waals surface area (Å²) >= 11 is 0. The predicted molar refractivity (Wildman–Crippen MR) is 64.2 cm³/mol. The Balaban J connectivity index is 1.98. The Bertz CT molecular complexity index is 369. The number of hydrogen-bond donors (Lipinski definition) is 1. The quantitative estimate of drug-likeness (QED) is 0.709. The number of nitrogens with two attached hydrogens (primary N) is 1. The van der Waals surface area contributed by atoms with Crippen LogP contribution in [0.2, 0.25) is 0 Å². The third kappa shape index (κ3) is 1.39. The van der Waals surface area contributed by atoms with Crippen LogP contribution in [0, 0.1) is 0 Å². The normalized spacial score (nSPS) is 20.9. The van der Waals surface area contributed by atoms with E-state index in [2.05, 4.69) is 17.0 Å². The number of anilines is 2. The topological polar surface area (TPSA) is 29.3 Å². The zero-order chi connectivity index (χ0) is 10.3. The van der Waals surface area contributed by atoms with Crippen LogP contribution in [0.25, 0.3) is 0 Å². The van der Waals surface area contributed by atoms with Crippen LogP contribution in [0.3, 0.4) is 0 Å². The van der Waals surface area contributed by atoms with Crippen molar-refractivity contribution in [3.8, 4) is 0 Å². The van der Waals surface area contributed by atoms with Crippen molar-refractivity contribution in [1.82, 2.24) is 0 Å². The van der Waals surface area contributed by atoms with Crippen molar-refractivity contribution in [2.75, 3.05) is 17.2 Å². The van der Waals surface area contributed by atoms with Gasteiger partial charge in [0.2, 0.25) is 0 Å². The standard InChI is InChI=1S/C13H18N2/c14-12-7-2-8-13-11(12)6-3-9-15(13)10-4-1-5-10/h2,7-8,10H,1,3-6,9,14H2. The van der Waals surface area contributed by atoms with Crippen molar-refractivity contribution in [3.05, 3.63) is 23.8 Å². The van der Waals surface area contributed by atoms with Crippen molar-refractivity contribution in [1.29, 1.82) is 0 Å². The molecule has 15 heavy (non-hydrogen) atoms. The zero-order valence-electron chi connectivity index (χ0n) is 9.08. The second-order valence-corrected chi connectivity index (χ2v) is 4.73. The molecule has 0 amide bonds. The Hall–Kier alpha value is -1.18. The Labute approximate surface area is 91.1 Å². The number of nitrogen functional groups attached to an aromatic ring is 1. The second kappa shape index (κ2) is 3.44. The first-order valence-electron chi connectivity index (χ1n) is 6.00. The smallest absolute Gasteiger partial charge is 0.0421 e. The Morgan fingerprint density at radius 3 is 2.80 bits per heavy atom. The van der Waals surface area contributed by atoms with Crippen LogP contribution in [0.4, 0.5) is 11.4 Å². The Kier molecular flexibility index (Phi) is 2.08. The minimum absolute atomic E-state index is 0.797. The lowest BCUT2D eigenvalue weighted by atomic mass is 9.88. The molecule has 0 saturated heterocycles. The average Bonchev–Trinajstić information content (AvgIpc) is 2.17. The molecular weight excluding hydrogens is 184 g/mol. The van der Waals surface area contributed by atoms with E-state index in [1.807, 2.05) is 6.07 Å². The lowest BCUT2D eigenvalue weighted by Crippen LogP contribution is -2.43. The maximum absolute atomic E-state index is 6.04. The molecule has 1 aliphatic carbocycles. The fourth-order valence-corrected chi connectivity index (χ4v) is 2.76. The highest BCUT2D eigenvalue weighted by Gasteiger charge is 2.28. The van der Waals surface area contributed by atoms with Crippen LogP contribution in [0.1, 0.15) is 31.2 Å². The van der Waals surface area contributed by atoms with E-state index in [0.29, 0.717) is 0 Å². The fraction of sp³-hybridized carbons (Fsp3) is 0.538. The molecule has 1 aromatic rings. The highest BCUT2D eigenvalue weighted by molar-refractivity contribution is 5.66. The molecule has 1 saturated carbocycles. The van der Waals surface area contributed by atoms with Crippen molar-refractivity contribution in [3.63, 3.8) is 0 Å². The maximum atomic E-state index is 6.04. The average molecular weight is 202 g/mol. The Morgan fingerprint density at radius 2 is 2.07 bits per heavy atom. The van der Waals surface area contributed by atoms with Gasteiger partial charge in [0, 0.05) is 24.0 Å². The highest BCUT2D eigenvalue weighted by atomic mass is 15.2. The van der Waals surface area contributed by atoms with E-state index in [0.717, 1.165) is 18.2 Å². The summed E-state index contributed by atoms with van der Waals surface area (Å²) in [6.45, 7) is 1.22. The molecule has 0 radical (unpaired) electrons. The molecule has 0 bridgehead atoms. The molecule has 2 heteroatoms. The van der Waals surface area contributed by atoms with Crippen LogP contribution in [-0.2, 0) is 6.42 Å². The molecule has 0 atom stereocenters. The van der Waals surface area contributed by atoms with Gasteiger partial charge in [-0.05, 0) is 49.8 Å². The molecule has 2 N–H and O–H groups in total. The van der Waals surface area contributed by atoms with E-state index in [4.69, 9.17) is 5.73 Å². The first-order chi connectivity index (χ1) is 7.36. The summed E-state index contributed by atoms with van der Waals surface area (Å²) in [5.41, 5.74) is 9.81. The lowest BCUT2D eigenvalue weighted by Gasteiger charge is -2.42. The first-order valence-corrected chi connectivity index (χ1v) is 6.00. The number of nitrogens with zero attached hydrogens (tertiary/aromatic N) is 1. The number of hydrogen-bond acceptors (Lipinski definition) is 2. The summed E-state index contributed by atoms with van der Waals surface area (Å²) in [6, 6.07) is 7.16. The van der Waals surface area contributed by atoms with E-state index in [9.17, 15) is 0 Å². The number of rotatable bonds is 1. The molecule has 2 aliphatic rings. The van der Waals surface area contributed by atoms with Crippen molar-refractivity contribution in [2.24, 2.45) is 0 Å². The van der Waals surface area contributed by atoms with Gasteiger partial charge in [-0.3, -0.25) is 0 Å². The van der Waals surface area contributed by atoms with Gasteiger partial charge < -0.3 is 10.6 Å². The molecule has 0 aromatic heterocycles. The third-order valence-corrected chi connectivity index (χ3v) is 3.84. The molecule has 3 rings (SSSR count). The molecule has 80 valence electrons.